The van der Waals surface area contributed by atoms with Crippen molar-refractivity contribution in [2.24, 2.45) is 0 Å². The van der Waals surface area contributed by atoms with Gasteiger partial charge in [0.25, 0.3) is 6.01 Å². The molecule has 2 N–H and O–H groups in total. The number of hydrogen-bond acceptors (Lipinski definition) is 11. The average molecular weight is 550 g/mol. The number of anilines is 1. The van der Waals surface area contributed by atoms with Crippen LogP contribution in [0.3, 0.4) is 0 Å². The molecular formula is C28H27N3O9. The number of nitrogens with two attached hydrogens (primary N) is 1. The Bertz CT molecular complexity index is 1780. The summed E-state index contributed by atoms with van der Waals surface area (Å²) in [7, 11) is 6.05. The first-order chi connectivity index (χ1) is 19.3. The van der Waals surface area contributed by atoms with Gasteiger partial charge in [-0.2, -0.15) is 4.98 Å². The minimum atomic E-state index is -0.866. The van der Waals surface area contributed by atoms with Gasteiger partial charge in [-0.25, -0.2) is 14.2 Å². The first kappa shape index (κ1) is 26.5. The SMILES string of the molecule is CCOC(=O)C1=c2oc(=O)/c(=C\c3ccc(OC)c(OC)c3)n2-c2oc(N)nc2[C@@H]1c1ccc(OC)c(OC)c1. The molecule has 3 heterocycles. The van der Waals surface area contributed by atoms with E-state index in [1.807, 2.05) is 0 Å². The molecule has 0 bridgehead atoms. The van der Waals surface area contributed by atoms with Crippen LogP contribution in [0.5, 0.6) is 23.0 Å². The van der Waals surface area contributed by atoms with Crippen molar-refractivity contribution in [3.8, 4) is 28.9 Å². The minimum Gasteiger partial charge on any atom is -0.493 e. The van der Waals surface area contributed by atoms with Gasteiger partial charge in [0.2, 0.25) is 11.4 Å². The van der Waals surface area contributed by atoms with Gasteiger partial charge >= 0.3 is 11.6 Å². The molecule has 4 aromatic rings. The second-order valence-corrected chi connectivity index (χ2v) is 8.60. The normalized spacial score (nSPS) is 14.4. The summed E-state index contributed by atoms with van der Waals surface area (Å²) >= 11 is 0. The third-order valence-electron chi connectivity index (χ3n) is 6.44. The van der Waals surface area contributed by atoms with Crippen LogP contribution in [0, 0.1) is 0 Å². The molecule has 0 saturated heterocycles. The van der Waals surface area contributed by atoms with Gasteiger partial charge < -0.3 is 38.3 Å². The first-order valence-corrected chi connectivity index (χ1v) is 12.2. The highest BCUT2D eigenvalue weighted by Crippen LogP contribution is 2.41. The molecule has 5 rings (SSSR count). The van der Waals surface area contributed by atoms with Crippen LogP contribution in [-0.2, 0) is 9.53 Å². The maximum atomic E-state index is 13.5. The fourth-order valence-electron chi connectivity index (χ4n) is 4.71. The number of oxazole rings is 2. The van der Waals surface area contributed by atoms with E-state index in [-0.39, 0.29) is 40.7 Å². The topological polar surface area (TPSA) is 150 Å². The van der Waals surface area contributed by atoms with Crippen molar-refractivity contribution in [3.05, 3.63) is 74.5 Å². The predicted molar refractivity (Wildman–Crippen MR) is 143 cm³/mol. The Hall–Kier alpha value is -5.13. The van der Waals surface area contributed by atoms with Crippen LogP contribution in [0.4, 0.5) is 6.01 Å². The number of esters is 1. The number of nitrogen functional groups attached to an aromatic ring is 1. The van der Waals surface area contributed by atoms with Gasteiger partial charge in [0.15, 0.2) is 23.0 Å². The molecule has 0 unspecified atom stereocenters. The number of hydrogen-bond donors (Lipinski definition) is 1. The van der Waals surface area contributed by atoms with Gasteiger partial charge in [-0.15, -0.1) is 0 Å². The zero-order valence-electron chi connectivity index (χ0n) is 22.5. The maximum Gasteiger partial charge on any atom is 0.362 e. The Kier molecular flexibility index (Phi) is 6.99. The number of carbonyl (C=O) groups excluding carboxylic acids is 1. The molecular weight excluding hydrogens is 522 g/mol. The molecule has 0 amide bonds. The van der Waals surface area contributed by atoms with Crippen molar-refractivity contribution in [1.82, 2.24) is 9.55 Å². The number of carbonyl (C=O) groups is 1. The van der Waals surface area contributed by atoms with Crippen LogP contribution < -0.4 is 41.2 Å². The van der Waals surface area contributed by atoms with Crippen molar-refractivity contribution in [1.29, 1.82) is 0 Å². The fraction of sp³-hybridized carbons (Fsp3) is 0.250. The standard InChI is InChI=1S/C28H27N3O9/c1-6-38-27(33)22-21(15-8-10-18(35-3)20(13-15)37-5)23-25(40-28(29)30-23)31-16(26(32)39-24(22)31)11-14-7-9-17(34-2)19(12-14)36-4/h7-13,21H,6H2,1-5H3,(H2,29,30)/b16-11+/t21-/m1/s1. The Labute approximate surface area is 227 Å². The lowest BCUT2D eigenvalue weighted by molar-refractivity contribution is -0.136. The molecule has 40 heavy (non-hydrogen) atoms. The van der Waals surface area contributed by atoms with Crippen LogP contribution >= 0.6 is 0 Å². The number of nitrogens with zero attached hydrogens (tertiary/aromatic N) is 2. The number of ether oxygens (including phenoxy) is 5. The largest absolute Gasteiger partial charge is 0.493 e. The summed E-state index contributed by atoms with van der Waals surface area (Å²) in [4.78, 5) is 31.1. The molecule has 12 nitrogen and oxygen atoms in total. The smallest absolute Gasteiger partial charge is 0.362 e. The number of rotatable bonds is 8. The van der Waals surface area contributed by atoms with Crippen LogP contribution in [0.2, 0.25) is 0 Å². The number of benzene rings is 2. The summed E-state index contributed by atoms with van der Waals surface area (Å²) in [5, 5.41) is 0.0622. The Morgan fingerprint density at radius 3 is 2.27 bits per heavy atom. The number of fused-ring (bicyclic) bond motifs is 3. The van der Waals surface area contributed by atoms with Gasteiger partial charge in [-0.05, 0) is 48.4 Å². The quantitative estimate of drug-likeness (QED) is 0.320. The summed E-state index contributed by atoms with van der Waals surface area (Å²) in [5.74, 6) is 0.447. The van der Waals surface area contributed by atoms with E-state index in [9.17, 15) is 9.59 Å². The molecule has 0 radical (unpaired) electrons. The highest BCUT2D eigenvalue weighted by atomic mass is 16.5. The molecule has 1 aliphatic heterocycles. The molecule has 0 aliphatic carbocycles. The maximum absolute atomic E-state index is 13.5. The lowest BCUT2D eigenvalue weighted by Gasteiger charge is -2.22. The molecule has 0 fully saturated rings. The monoisotopic (exact) mass is 549 g/mol. The zero-order valence-corrected chi connectivity index (χ0v) is 22.5. The number of methoxy groups -OCH3 is 4. The van der Waals surface area contributed by atoms with Gasteiger partial charge in [0, 0.05) is 0 Å². The molecule has 12 heteroatoms. The van der Waals surface area contributed by atoms with Gasteiger partial charge in [0.05, 0.1) is 41.0 Å². The van der Waals surface area contributed by atoms with E-state index in [4.69, 9.17) is 38.3 Å². The molecule has 2 aromatic carbocycles. The van der Waals surface area contributed by atoms with Crippen LogP contribution in [-0.4, -0.2) is 50.6 Å². The number of aromatic nitrogens is 2. The highest BCUT2D eigenvalue weighted by Gasteiger charge is 2.40. The molecule has 2 aromatic heterocycles. The van der Waals surface area contributed by atoms with E-state index < -0.39 is 17.5 Å². The molecule has 0 saturated carbocycles. The summed E-state index contributed by atoms with van der Waals surface area (Å²) in [6.45, 7) is 1.77. The van der Waals surface area contributed by atoms with Gasteiger partial charge in [-0.1, -0.05) is 12.1 Å². The third-order valence-corrected chi connectivity index (χ3v) is 6.44. The van der Waals surface area contributed by atoms with E-state index in [1.54, 1.807) is 49.4 Å². The predicted octanol–water partition coefficient (Wildman–Crippen LogP) is 1.72. The molecule has 0 spiro atoms. The van der Waals surface area contributed by atoms with Crippen molar-refractivity contribution in [2.75, 3.05) is 40.8 Å². The van der Waals surface area contributed by atoms with Crippen molar-refractivity contribution >= 4 is 23.6 Å². The zero-order chi connectivity index (χ0) is 28.6. The third kappa shape index (κ3) is 4.32. The lowest BCUT2D eigenvalue weighted by Crippen LogP contribution is -2.37. The van der Waals surface area contributed by atoms with Gasteiger partial charge in [-0.3, -0.25) is 0 Å². The summed E-state index contributed by atoms with van der Waals surface area (Å²) in [6.07, 6.45) is 1.57. The van der Waals surface area contributed by atoms with E-state index in [0.29, 0.717) is 34.1 Å². The highest BCUT2D eigenvalue weighted by molar-refractivity contribution is 6.12. The van der Waals surface area contributed by atoms with Crippen LogP contribution in [0.1, 0.15) is 29.7 Å². The van der Waals surface area contributed by atoms with E-state index >= 15 is 0 Å². The van der Waals surface area contributed by atoms with Crippen LogP contribution in [0.15, 0.2) is 50.0 Å². The van der Waals surface area contributed by atoms with Crippen molar-refractivity contribution in [2.45, 2.75) is 12.8 Å². The molecule has 208 valence electrons. The van der Waals surface area contributed by atoms with E-state index in [0.717, 1.165) is 0 Å². The fourth-order valence-corrected chi connectivity index (χ4v) is 4.71. The van der Waals surface area contributed by atoms with E-state index in [1.165, 1.54) is 33.0 Å². The summed E-state index contributed by atoms with van der Waals surface area (Å²) in [5.41, 5.74) is 6.72. The second kappa shape index (κ2) is 10.6. The van der Waals surface area contributed by atoms with Crippen molar-refractivity contribution < 1.29 is 37.3 Å². The lowest BCUT2D eigenvalue weighted by atomic mass is 9.86. The minimum absolute atomic E-state index is 0.0407. The Balaban J connectivity index is 1.85. The summed E-state index contributed by atoms with van der Waals surface area (Å²) in [6, 6.07) is 10.1. The average Bonchev–Trinajstić information content (AvgIpc) is 3.50. The Morgan fingerprint density at radius 2 is 1.62 bits per heavy atom. The van der Waals surface area contributed by atoms with E-state index in [2.05, 4.69) is 4.98 Å². The van der Waals surface area contributed by atoms with Crippen molar-refractivity contribution in [3.63, 3.8) is 0 Å². The molecule has 1 atom stereocenters. The molecule has 1 aliphatic rings. The second-order valence-electron chi connectivity index (χ2n) is 8.60. The van der Waals surface area contributed by atoms with Crippen LogP contribution in [0.25, 0.3) is 17.5 Å². The summed E-state index contributed by atoms with van der Waals surface area (Å²) < 4.78 is 39.8. The first-order valence-electron chi connectivity index (χ1n) is 12.2. The van der Waals surface area contributed by atoms with Gasteiger partial charge in [0.1, 0.15) is 16.6 Å². The Morgan fingerprint density at radius 1 is 0.975 bits per heavy atom.